The van der Waals surface area contributed by atoms with Crippen LogP contribution in [0, 0.1) is 6.57 Å². The molecule has 2 saturated carbocycles. The summed E-state index contributed by atoms with van der Waals surface area (Å²) in [5.41, 5.74) is 1.23. The van der Waals surface area contributed by atoms with Crippen molar-refractivity contribution in [2.45, 2.75) is 90.3 Å². The number of hydrogen-bond acceptors (Lipinski definition) is 6. The van der Waals surface area contributed by atoms with E-state index in [1.165, 1.54) is 4.52 Å². The first-order chi connectivity index (χ1) is 15.0. The Bertz CT molecular complexity index is 1080. The molecule has 164 valence electrons. The van der Waals surface area contributed by atoms with Gasteiger partial charge in [-0.05, 0) is 65.2 Å². The van der Waals surface area contributed by atoms with Gasteiger partial charge in [0, 0.05) is 0 Å². The fourth-order valence-corrected chi connectivity index (χ4v) is 4.57. The molecule has 0 radical (unpaired) electrons. The molecule has 0 amide bonds. The second-order valence-corrected chi connectivity index (χ2v) is 8.69. The molecule has 2 aliphatic carbocycles. The van der Waals surface area contributed by atoms with E-state index >= 15 is 0 Å². The average Bonchev–Trinajstić information content (AvgIpc) is 3.31. The molecule has 4 rings (SSSR count). The van der Waals surface area contributed by atoms with Gasteiger partial charge in [0.1, 0.15) is 17.8 Å². The summed E-state index contributed by atoms with van der Waals surface area (Å²) in [6.07, 6.45) is 9.52. The predicted molar refractivity (Wildman–Crippen MR) is 114 cm³/mol. The minimum Gasteiger partial charge on any atom is -0.460 e. The second-order valence-electron chi connectivity index (χ2n) is 8.69. The largest absolute Gasteiger partial charge is 0.460 e. The number of carbonyl (C=O) groups excluding carboxylic acids is 2. The van der Waals surface area contributed by atoms with Crippen molar-refractivity contribution in [3.05, 3.63) is 28.2 Å². The van der Waals surface area contributed by atoms with Crippen LogP contribution in [0.1, 0.15) is 99.0 Å². The summed E-state index contributed by atoms with van der Waals surface area (Å²) >= 11 is 0. The molecule has 8 heteroatoms. The molecule has 0 bridgehead atoms. The van der Waals surface area contributed by atoms with Gasteiger partial charge in [-0.1, -0.05) is 18.4 Å². The molecular formula is C23H28N4O4. The first-order valence-corrected chi connectivity index (χ1v) is 11.2. The van der Waals surface area contributed by atoms with Crippen LogP contribution < -0.4 is 5.35 Å². The number of hydrogen-bond donors (Lipinski definition) is 0. The molecule has 0 saturated heterocycles. The quantitative estimate of drug-likeness (QED) is 0.541. The van der Waals surface area contributed by atoms with Crippen molar-refractivity contribution in [3.63, 3.8) is 0 Å². The van der Waals surface area contributed by atoms with Crippen LogP contribution in [0.4, 0.5) is 5.69 Å². The Morgan fingerprint density at radius 2 is 1.48 bits per heavy atom. The zero-order valence-electron chi connectivity index (χ0n) is 18.1. The van der Waals surface area contributed by atoms with Crippen molar-refractivity contribution in [1.82, 2.24) is 14.6 Å². The zero-order chi connectivity index (χ0) is 22.0. The van der Waals surface area contributed by atoms with E-state index < -0.39 is 11.9 Å². The highest BCUT2D eigenvalue weighted by molar-refractivity contribution is 6.03. The van der Waals surface area contributed by atoms with Crippen LogP contribution in [0.25, 0.3) is 16.1 Å². The third-order valence-corrected chi connectivity index (χ3v) is 6.13. The van der Waals surface area contributed by atoms with E-state index in [9.17, 15) is 9.59 Å². The molecule has 0 unspecified atom stereocenters. The summed E-state index contributed by atoms with van der Waals surface area (Å²) in [5.74, 6) is -1.26. The van der Waals surface area contributed by atoms with E-state index in [4.69, 9.17) is 16.0 Å². The summed E-state index contributed by atoms with van der Waals surface area (Å²) < 4.78 is 12.7. The zero-order valence-corrected chi connectivity index (χ0v) is 18.1. The standard InChI is InChI=1S/C23H28N4O4/c1-14(2)19-18(24-3)17(22(28)30-15-10-6-4-7-11-15)21-25-20(26-27(19)21)23(29)31-16-12-8-5-9-13-16/h15-16H,4-13H2,1-2H3. The van der Waals surface area contributed by atoms with Crippen LogP contribution in [-0.4, -0.2) is 38.7 Å². The van der Waals surface area contributed by atoms with Crippen molar-refractivity contribution >= 4 is 28.8 Å². The summed E-state index contributed by atoms with van der Waals surface area (Å²) in [6.45, 7) is 11.3. The van der Waals surface area contributed by atoms with E-state index in [-0.39, 0.29) is 34.9 Å². The molecule has 8 nitrogen and oxygen atoms in total. The van der Waals surface area contributed by atoms with Gasteiger partial charge in [0.25, 0.3) is 5.82 Å². The number of esters is 2. The molecule has 2 aliphatic rings. The molecular weight excluding hydrogens is 396 g/mol. The van der Waals surface area contributed by atoms with Gasteiger partial charge in [0.05, 0.1) is 11.9 Å². The van der Waals surface area contributed by atoms with Gasteiger partial charge in [0.15, 0.2) is 5.65 Å². The van der Waals surface area contributed by atoms with Gasteiger partial charge >= 0.3 is 11.9 Å². The van der Waals surface area contributed by atoms with Crippen molar-refractivity contribution < 1.29 is 19.1 Å². The highest BCUT2D eigenvalue weighted by atomic mass is 16.5. The van der Waals surface area contributed by atoms with Gasteiger partial charge in [-0.25, -0.2) is 23.9 Å². The number of ether oxygens (including phenoxy) is 2. The second kappa shape index (κ2) is 9.04. The molecule has 2 aromatic heterocycles. The van der Waals surface area contributed by atoms with Crippen molar-refractivity contribution in [1.29, 1.82) is 0 Å². The van der Waals surface area contributed by atoms with Crippen LogP contribution in [0.3, 0.4) is 0 Å². The van der Waals surface area contributed by atoms with Crippen LogP contribution in [-0.2, 0) is 9.47 Å². The van der Waals surface area contributed by atoms with Gasteiger partial charge in [-0.3, -0.25) is 0 Å². The molecule has 31 heavy (non-hydrogen) atoms. The smallest absolute Gasteiger partial charge is 0.378 e. The minimum absolute atomic E-state index is 0.0842. The monoisotopic (exact) mass is 424 g/mol. The van der Waals surface area contributed by atoms with E-state index in [0.717, 1.165) is 69.8 Å². The number of aromatic nitrogens is 3. The Morgan fingerprint density at radius 3 is 2.00 bits per heavy atom. The van der Waals surface area contributed by atoms with Gasteiger partial charge in [-0.2, -0.15) is 0 Å². The van der Waals surface area contributed by atoms with E-state index in [1.807, 2.05) is 13.8 Å². The number of rotatable bonds is 4. The molecule has 2 heterocycles. The average molecular weight is 425 g/mol. The Balaban J connectivity index is 1.70. The highest BCUT2D eigenvalue weighted by Crippen LogP contribution is 2.27. The van der Waals surface area contributed by atoms with Gasteiger partial charge in [0.2, 0.25) is 5.69 Å². The predicted octanol–water partition coefficient (Wildman–Crippen LogP) is 4.17. The fourth-order valence-electron chi connectivity index (χ4n) is 4.57. The normalized spacial score (nSPS) is 18.0. The Hall–Kier alpha value is -2.95. The molecule has 0 N–H and O–H groups in total. The SMILES string of the molecule is [C-]#[N+]c1c(C(=O)OC2CCCCC2)c2nc(C(=O)OC3CCCCC3)nn2c1=C(C)C. The summed E-state index contributed by atoms with van der Waals surface area (Å²) in [6, 6.07) is 0. The van der Waals surface area contributed by atoms with Crippen molar-refractivity contribution in [2.75, 3.05) is 0 Å². The Kier molecular flexibility index (Phi) is 6.21. The minimum atomic E-state index is -0.591. The maximum Gasteiger partial charge on any atom is 0.378 e. The number of carbonyl (C=O) groups is 2. The summed E-state index contributed by atoms with van der Waals surface area (Å²) in [7, 11) is 0. The van der Waals surface area contributed by atoms with Gasteiger partial charge in [-0.15, -0.1) is 5.10 Å². The fraction of sp³-hybridized carbons (Fsp3) is 0.609. The lowest BCUT2D eigenvalue weighted by atomic mass is 9.98. The Labute approximate surface area is 181 Å². The summed E-state index contributed by atoms with van der Waals surface area (Å²) in [4.78, 5) is 33.7. The van der Waals surface area contributed by atoms with E-state index in [0.29, 0.717) is 5.35 Å². The first kappa shape index (κ1) is 21.3. The summed E-state index contributed by atoms with van der Waals surface area (Å²) in [5, 5.41) is 4.79. The van der Waals surface area contributed by atoms with Crippen molar-refractivity contribution in [3.8, 4) is 0 Å². The van der Waals surface area contributed by atoms with Crippen LogP contribution >= 0.6 is 0 Å². The lowest BCUT2D eigenvalue weighted by molar-refractivity contribution is 0.0191. The topological polar surface area (TPSA) is 87.1 Å². The molecule has 0 aromatic carbocycles. The molecule has 0 spiro atoms. The van der Waals surface area contributed by atoms with Gasteiger partial charge < -0.3 is 9.47 Å². The number of fused-ring (bicyclic) bond motifs is 1. The van der Waals surface area contributed by atoms with E-state index in [2.05, 4.69) is 14.9 Å². The van der Waals surface area contributed by atoms with Crippen LogP contribution in [0.2, 0.25) is 0 Å². The van der Waals surface area contributed by atoms with Crippen LogP contribution in [0.15, 0.2) is 0 Å². The molecule has 0 atom stereocenters. The molecule has 0 aliphatic heterocycles. The number of nitrogens with zero attached hydrogens (tertiary/aromatic N) is 4. The lowest BCUT2D eigenvalue weighted by Crippen LogP contribution is -2.22. The third kappa shape index (κ3) is 4.27. The maximum atomic E-state index is 13.1. The first-order valence-electron chi connectivity index (χ1n) is 11.2. The van der Waals surface area contributed by atoms with Crippen LogP contribution in [0.5, 0.6) is 0 Å². The Morgan fingerprint density at radius 1 is 0.935 bits per heavy atom. The highest BCUT2D eigenvalue weighted by Gasteiger charge is 2.30. The maximum absolute atomic E-state index is 13.1. The lowest BCUT2D eigenvalue weighted by Gasteiger charge is -2.21. The third-order valence-electron chi connectivity index (χ3n) is 6.13. The molecule has 2 fully saturated rings. The van der Waals surface area contributed by atoms with Crippen molar-refractivity contribution in [2.24, 2.45) is 0 Å². The molecule has 2 aromatic rings. The van der Waals surface area contributed by atoms with E-state index in [1.54, 1.807) is 0 Å².